The predicted molar refractivity (Wildman–Crippen MR) is 88.0 cm³/mol. The van der Waals surface area contributed by atoms with Crippen molar-refractivity contribution in [1.82, 2.24) is 20.2 Å². The van der Waals surface area contributed by atoms with Crippen LogP contribution in [0.1, 0.15) is 49.8 Å². The molecule has 140 valence electrons. The third-order valence-corrected chi connectivity index (χ3v) is 4.41. The van der Waals surface area contributed by atoms with Gasteiger partial charge in [0, 0.05) is 18.7 Å². The topological polar surface area (TPSA) is 58.1 Å². The number of alkyl halides is 3. The molecule has 2 rings (SSSR count). The molecule has 8 heteroatoms. The minimum Gasteiger partial charge on any atom is -0.354 e. The number of carbonyl (C=O) groups excluding carboxylic acids is 1. The van der Waals surface area contributed by atoms with Crippen molar-refractivity contribution in [2.45, 2.75) is 58.2 Å². The molecule has 0 unspecified atom stereocenters. The SMILES string of the molecule is Cc1cc(C(F)(F)F)nc(CCNC(=O)[C@H](C)N2CCCCCC2)n1. The van der Waals surface area contributed by atoms with E-state index in [1.807, 2.05) is 6.92 Å². The number of rotatable bonds is 5. The Bertz CT molecular complexity index is 584. The van der Waals surface area contributed by atoms with E-state index in [0.29, 0.717) is 0 Å². The van der Waals surface area contributed by atoms with E-state index in [9.17, 15) is 18.0 Å². The highest BCUT2D eigenvalue weighted by Crippen LogP contribution is 2.27. The van der Waals surface area contributed by atoms with Crippen LogP contribution >= 0.6 is 0 Å². The Balaban J connectivity index is 1.87. The van der Waals surface area contributed by atoms with Gasteiger partial charge in [-0.05, 0) is 45.8 Å². The van der Waals surface area contributed by atoms with Crippen LogP contribution in [0, 0.1) is 6.92 Å². The molecular weight excluding hydrogens is 333 g/mol. The molecule has 1 aliphatic heterocycles. The van der Waals surface area contributed by atoms with E-state index in [2.05, 4.69) is 20.2 Å². The molecule has 1 fully saturated rings. The van der Waals surface area contributed by atoms with Gasteiger partial charge in [-0.1, -0.05) is 12.8 Å². The van der Waals surface area contributed by atoms with Gasteiger partial charge in [-0.15, -0.1) is 0 Å². The summed E-state index contributed by atoms with van der Waals surface area (Å²) in [4.78, 5) is 22.0. The summed E-state index contributed by atoms with van der Waals surface area (Å²) >= 11 is 0. The Morgan fingerprint density at radius 1 is 1.24 bits per heavy atom. The van der Waals surface area contributed by atoms with Crippen LogP contribution in [0.3, 0.4) is 0 Å². The molecule has 5 nitrogen and oxygen atoms in total. The van der Waals surface area contributed by atoms with E-state index in [4.69, 9.17) is 0 Å². The molecule has 1 N–H and O–H groups in total. The van der Waals surface area contributed by atoms with Crippen molar-refractivity contribution < 1.29 is 18.0 Å². The van der Waals surface area contributed by atoms with Crippen molar-refractivity contribution in [1.29, 1.82) is 0 Å². The number of likely N-dealkylation sites (tertiary alicyclic amines) is 1. The Morgan fingerprint density at radius 3 is 2.48 bits per heavy atom. The normalized spacial score (nSPS) is 17.8. The van der Waals surface area contributed by atoms with Crippen LogP contribution < -0.4 is 5.32 Å². The van der Waals surface area contributed by atoms with Crippen LogP contribution in [-0.2, 0) is 17.4 Å². The summed E-state index contributed by atoms with van der Waals surface area (Å²) in [6, 6.07) is 0.686. The molecule has 1 aliphatic rings. The molecule has 0 aliphatic carbocycles. The van der Waals surface area contributed by atoms with Crippen molar-refractivity contribution in [3.8, 4) is 0 Å². The molecular formula is C17H25F3N4O. The van der Waals surface area contributed by atoms with E-state index in [1.165, 1.54) is 19.8 Å². The molecule has 0 radical (unpaired) electrons. The number of nitrogens with one attached hydrogen (secondary N) is 1. The summed E-state index contributed by atoms with van der Waals surface area (Å²) in [5.41, 5.74) is -0.680. The van der Waals surface area contributed by atoms with Crippen molar-refractivity contribution >= 4 is 5.91 Å². The molecule has 25 heavy (non-hydrogen) atoms. The predicted octanol–water partition coefficient (Wildman–Crippen LogP) is 2.73. The Kier molecular flexibility index (Phi) is 6.75. The number of amides is 1. The lowest BCUT2D eigenvalue weighted by Crippen LogP contribution is -2.46. The summed E-state index contributed by atoms with van der Waals surface area (Å²) in [5.74, 6) is -0.0133. The molecule has 0 bridgehead atoms. The fraction of sp³-hybridized carbons (Fsp3) is 0.706. The third kappa shape index (κ3) is 5.95. The number of aromatic nitrogens is 2. The molecule has 0 saturated carbocycles. The molecule has 1 atom stereocenters. The molecule has 2 heterocycles. The second kappa shape index (κ2) is 8.60. The largest absolute Gasteiger partial charge is 0.433 e. The maximum Gasteiger partial charge on any atom is 0.433 e. The zero-order chi connectivity index (χ0) is 18.4. The van der Waals surface area contributed by atoms with Gasteiger partial charge in [-0.25, -0.2) is 9.97 Å². The number of halogens is 3. The highest BCUT2D eigenvalue weighted by molar-refractivity contribution is 5.81. The number of carbonyl (C=O) groups is 1. The molecule has 1 aromatic rings. The maximum atomic E-state index is 12.8. The van der Waals surface area contributed by atoms with Gasteiger partial charge in [0.25, 0.3) is 0 Å². The van der Waals surface area contributed by atoms with Crippen molar-refractivity contribution in [2.24, 2.45) is 0 Å². The van der Waals surface area contributed by atoms with Gasteiger partial charge in [0.15, 0.2) is 0 Å². The number of hydrogen-bond donors (Lipinski definition) is 1. The van der Waals surface area contributed by atoms with Crippen LogP contribution in [0.25, 0.3) is 0 Å². The minimum absolute atomic E-state index is 0.0926. The molecule has 0 spiro atoms. The Hall–Kier alpha value is -1.70. The van der Waals surface area contributed by atoms with Gasteiger partial charge in [0.1, 0.15) is 11.5 Å². The quantitative estimate of drug-likeness (QED) is 0.879. The van der Waals surface area contributed by atoms with Gasteiger partial charge < -0.3 is 5.32 Å². The summed E-state index contributed by atoms with van der Waals surface area (Å²) in [6.45, 7) is 5.40. The lowest BCUT2D eigenvalue weighted by atomic mass is 10.2. The van der Waals surface area contributed by atoms with Crippen molar-refractivity contribution in [3.63, 3.8) is 0 Å². The van der Waals surface area contributed by atoms with Gasteiger partial charge in [0.05, 0.1) is 6.04 Å². The first-order valence-electron chi connectivity index (χ1n) is 8.71. The Morgan fingerprint density at radius 2 is 1.88 bits per heavy atom. The van der Waals surface area contributed by atoms with E-state index in [-0.39, 0.29) is 36.4 Å². The fourth-order valence-corrected chi connectivity index (χ4v) is 2.98. The van der Waals surface area contributed by atoms with Crippen molar-refractivity contribution in [2.75, 3.05) is 19.6 Å². The summed E-state index contributed by atoms with van der Waals surface area (Å²) < 4.78 is 38.3. The second-order valence-electron chi connectivity index (χ2n) is 6.48. The van der Waals surface area contributed by atoms with E-state index < -0.39 is 11.9 Å². The van der Waals surface area contributed by atoms with Gasteiger partial charge in [-0.3, -0.25) is 9.69 Å². The summed E-state index contributed by atoms with van der Waals surface area (Å²) in [5, 5.41) is 2.78. The monoisotopic (exact) mass is 358 g/mol. The first-order valence-corrected chi connectivity index (χ1v) is 8.71. The fourth-order valence-electron chi connectivity index (χ4n) is 2.98. The lowest BCUT2D eigenvalue weighted by molar-refractivity contribution is -0.141. The molecule has 0 aromatic carbocycles. The van der Waals surface area contributed by atoms with Crippen LogP contribution in [0.4, 0.5) is 13.2 Å². The molecule has 1 saturated heterocycles. The second-order valence-corrected chi connectivity index (χ2v) is 6.48. The first kappa shape index (κ1) is 19.6. The highest BCUT2D eigenvalue weighted by Gasteiger charge is 2.33. The van der Waals surface area contributed by atoms with Crippen LogP contribution in [-0.4, -0.2) is 46.5 Å². The van der Waals surface area contributed by atoms with Crippen LogP contribution in [0.2, 0.25) is 0 Å². The Labute approximate surface area is 146 Å². The smallest absolute Gasteiger partial charge is 0.354 e. The average Bonchev–Trinajstić information content (AvgIpc) is 2.82. The van der Waals surface area contributed by atoms with Gasteiger partial charge in [-0.2, -0.15) is 13.2 Å². The van der Waals surface area contributed by atoms with Crippen molar-refractivity contribution in [3.05, 3.63) is 23.3 Å². The van der Waals surface area contributed by atoms with E-state index in [0.717, 1.165) is 32.0 Å². The minimum atomic E-state index is -4.49. The van der Waals surface area contributed by atoms with E-state index >= 15 is 0 Å². The molecule has 1 amide bonds. The average molecular weight is 358 g/mol. The zero-order valence-electron chi connectivity index (χ0n) is 14.7. The number of nitrogens with zero attached hydrogens (tertiary/aromatic N) is 3. The first-order chi connectivity index (χ1) is 11.8. The van der Waals surface area contributed by atoms with E-state index in [1.54, 1.807) is 0 Å². The summed E-state index contributed by atoms with van der Waals surface area (Å²) in [6.07, 6.45) is 0.244. The third-order valence-electron chi connectivity index (χ3n) is 4.41. The van der Waals surface area contributed by atoms with Gasteiger partial charge >= 0.3 is 6.18 Å². The maximum absolute atomic E-state index is 12.8. The molecule has 1 aromatic heterocycles. The standard InChI is InChI=1S/C17H25F3N4O/c1-12-11-14(17(18,19)20)23-15(22-12)7-8-21-16(25)13(2)24-9-5-3-4-6-10-24/h11,13H,3-10H2,1-2H3,(H,21,25)/t13-/m0/s1. The lowest BCUT2D eigenvalue weighted by Gasteiger charge is -2.26. The van der Waals surface area contributed by atoms with Crippen LogP contribution in [0.15, 0.2) is 6.07 Å². The zero-order valence-corrected chi connectivity index (χ0v) is 14.7. The number of hydrogen-bond acceptors (Lipinski definition) is 4. The van der Waals surface area contributed by atoms with Gasteiger partial charge in [0.2, 0.25) is 5.91 Å². The number of aryl methyl sites for hydroxylation is 1. The summed E-state index contributed by atoms with van der Waals surface area (Å²) in [7, 11) is 0. The highest BCUT2D eigenvalue weighted by atomic mass is 19.4. The van der Waals surface area contributed by atoms with Crippen LogP contribution in [0.5, 0.6) is 0 Å².